The summed E-state index contributed by atoms with van der Waals surface area (Å²) in [5, 5.41) is 3.51. The standard InChI is InChI=1S/C16H28N2O/c1-15(2,3)18-10-13-14(19-11-17-13)12-8-6-7-9-16(12,4)5/h11-12,18H,6-10H2,1-5H3. The average Bonchev–Trinajstić information content (AvgIpc) is 2.72. The van der Waals surface area contributed by atoms with Crippen LogP contribution in [-0.2, 0) is 6.54 Å². The first-order valence-electron chi connectivity index (χ1n) is 7.47. The fourth-order valence-electron chi connectivity index (χ4n) is 3.02. The van der Waals surface area contributed by atoms with E-state index in [1.54, 1.807) is 6.39 Å². The minimum absolute atomic E-state index is 0.109. The van der Waals surface area contributed by atoms with Crippen molar-refractivity contribution in [2.45, 2.75) is 78.3 Å². The van der Waals surface area contributed by atoms with Gasteiger partial charge < -0.3 is 9.73 Å². The number of aromatic nitrogens is 1. The molecule has 0 radical (unpaired) electrons. The molecule has 0 spiro atoms. The highest BCUT2D eigenvalue weighted by molar-refractivity contribution is 5.16. The summed E-state index contributed by atoms with van der Waals surface area (Å²) in [5.41, 5.74) is 1.53. The summed E-state index contributed by atoms with van der Waals surface area (Å²) in [6.07, 6.45) is 6.77. The van der Waals surface area contributed by atoms with E-state index in [2.05, 4.69) is 44.9 Å². The van der Waals surface area contributed by atoms with E-state index >= 15 is 0 Å². The molecular weight excluding hydrogens is 236 g/mol. The lowest BCUT2D eigenvalue weighted by atomic mass is 9.67. The van der Waals surface area contributed by atoms with Crippen molar-refractivity contribution in [2.24, 2.45) is 5.41 Å². The highest BCUT2D eigenvalue weighted by atomic mass is 16.3. The van der Waals surface area contributed by atoms with Crippen LogP contribution >= 0.6 is 0 Å². The third kappa shape index (κ3) is 3.59. The smallest absolute Gasteiger partial charge is 0.181 e. The summed E-state index contributed by atoms with van der Waals surface area (Å²) < 4.78 is 5.75. The Hall–Kier alpha value is -0.830. The van der Waals surface area contributed by atoms with Gasteiger partial charge in [0.1, 0.15) is 5.76 Å². The van der Waals surface area contributed by atoms with Crippen LogP contribution < -0.4 is 5.32 Å². The topological polar surface area (TPSA) is 38.1 Å². The monoisotopic (exact) mass is 264 g/mol. The van der Waals surface area contributed by atoms with Crippen molar-refractivity contribution in [3.63, 3.8) is 0 Å². The lowest BCUT2D eigenvalue weighted by molar-refractivity contribution is 0.176. The van der Waals surface area contributed by atoms with Gasteiger partial charge in [0, 0.05) is 18.0 Å². The molecule has 108 valence electrons. The van der Waals surface area contributed by atoms with E-state index in [1.807, 2.05) is 0 Å². The first-order valence-corrected chi connectivity index (χ1v) is 7.47. The fourth-order valence-corrected chi connectivity index (χ4v) is 3.02. The van der Waals surface area contributed by atoms with Crippen LogP contribution in [0.3, 0.4) is 0 Å². The molecule has 0 aliphatic heterocycles. The van der Waals surface area contributed by atoms with Crippen LogP contribution in [0.1, 0.15) is 77.7 Å². The van der Waals surface area contributed by atoms with Crippen LogP contribution in [0.5, 0.6) is 0 Å². The van der Waals surface area contributed by atoms with Gasteiger partial charge >= 0.3 is 0 Å². The average molecular weight is 264 g/mol. The van der Waals surface area contributed by atoms with Gasteiger partial charge in [0.05, 0.1) is 5.69 Å². The van der Waals surface area contributed by atoms with Crippen molar-refractivity contribution in [1.29, 1.82) is 0 Å². The molecule has 3 nitrogen and oxygen atoms in total. The Morgan fingerprint density at radius 3 is 2.74 bits per heavy atom. The fraction of sp³-hybridized carbons (Fsp3) is 0.812. The second kappa shape index (κ2) is 5.28. The summed E-state index contributed by atoms with van der Waals surface area (Å²) in [6, 6.07) is 0. The molecule has 19 heavy (non-hydrogen) atoms. The maximum atomic E-state index is 5.75. The normalized spacial score (nSPS) is 23.5. The first-order chi connectivity index (χ1) is 8.80. The zero-order valence-electron chi connectivity index (χ0n) is 13.0. The predicted molar refractivity (Wildman–Crippen MR) is 78.1 cm³/mol. The molecule has 0 bridgehead atoms. The van der Waals surface area contributed by atoms with Crippen LogP contribution in [0.2, 0.25) is 0 Å². The minimum atomic E-state index is 0.109. The number of hydrogen-bond acceptors (Lipinski definition) is 3. The van der Waals surface area contributed by atoms with Gasteiger partial charge in [0.25, 0.3) is 0 Å². The molecule has 1 heterocycles. The van der Waals surface area contributed by atoms with Crippen molar-refractivity contribution >= 4 is 0 Å². The quantitative estimate of drug-likeness (QED) is 0.887. The lowest BCUT2D eigenvalue weighted by Crippen LogP contribution is -2.36. The molecule has 1 saturated carbocycles. The molecule has 1 aliphatic rings. The molecular formula is C16H28N2O. The Bertz CT molecular complexity index is 415. The number of hydrogen-bond donors (Lipinski definition) is 1. The highest BCUT2D eigenvalue weighted by Gasteiger charge is 2.36. The number of oxazole rings is 1. The summed E-state index contributed by atoms with van der Waals surface area (Å²) in [5.74, 6) is 1.63. The number of nitrogens with zero attached hydrogens (tertiary/aromatic N) is 1. The molecule has 1 unspecified atom stereocenters. The van der Waals surface area contributed by atoms with E-state index in [-0.39, 0.29) is 5.54 Å². The van der Waals surface area contributed by atoms with Crippen LogP contribution in [-0.4, -0.2) is 10.5 Å². The van der Waals surface area contributed by atoms with E-state index < -0.39 is 0 Å². The summed E-state index contributed by atoms with van der Waals surface area (Å²) in [7, 11) is 0. The Morgan fingerprint density at radius 1 is 1.37 bits per heavy atom. The molecule has 0 amide bonds. The van der Waals surface area contributed by atoms with E-state index in [4.69, 9.17) is 4.42 Å². The molecule has 2 rings (SSSR count). The van der Waals surface area contributed by atoms with Gasteiger partial charge in [-0.2, -0.15) is 0 Å². The molecule has 1 N–H and O–H groups in total. The minimum Gasteiger partial charge on any atom is -0.448 e. The Labute approximate surface area is 117 Å². The molecule has 1 aromatic heterocycles. The number of rotatable bonds is 3. The Balaban J connectivity index is 2.14. The van der Waals surface area contributed by atoms with E-state index in [1.165, 1.54) is 25.7 Å². The molecule has 0 saturated heterocycles. The summed E-state index contributed by atoms with van der Waals surface area (Å²) in [4.78, 5) is 4.43. The second-order valence-electron chi connectivity index (χ2n) is 7.55. The van der Waals surface area contributed by atoms with Crippen molar-refractivity contribution in [1.82, 2.24) is 10.3 Å². The number of nitrogens with one attached hydrogen (secondary N) is 1. The van der Waals surface area contributed by atoms with Gasteiger partial charge in [-0.15, -0.1) is 0 Å². The van der Waals surface area contributed by atoms with Gasteiger partial charge in [-0.25, -0.2) is 4.98 Å². The van der Waals surface area contributed by atoms with Crippen molar-refractivity contribution in [2.75, 3.05) is 0 Å². The van der Waals surface area contributed by atoms with Crippen molar-refractivity contribution < 1.29 is 4.42 Å². The van der Waals surface area contributed by atoms with Gasteiger partial charge in [0.2, 0.25) is 0 Å². The Kier molecular flexibility index (Phi) is 4.05. The molecule has 1 aromatic rings. The van der Waals surface area contributed by atoms with Gasteiger partial charge in [-0.3, -0.25) is 0 Å². The maximum absolute atomic E-state index is 5.75. The van der Waals surface area contributed by atoms with Gasteiger partial charge in [0.15, 0.2) is 6.39 Å². The largest absolute Gasteiger partial charge is 0.448 e. The van der Waals surface area contributed by atoms with Crippen LogP contribution in [0.15, 0.2) is 10.8 Å². The Morgan fingerprint density at radius 2 is 2.11 bits per heavy atom. The third-order valence-corrected chi connectivity index (χ3v) is 4.28. The zero-order valence-corrected chi connectivity index (χ0v) is 13.0. The van der Waals surface area contributed by atoms with E-state index in [0.717, 1.165) is 18.0 Å². The molecule has 1 fully saturated rings. The van der Waals surface area contributed by atoms with Gasteiger partial charge in [-0.05, 0) is 39.0 Å². The first kappa shape index (κ1) is 14.6. The SMILES string of the molecule is CC(C)(C)NCc1ncoc1C1CCCCC1(C)C. The van der Waals surface area contributed by atoms with Crippen molar-refractivity contribution in [3.05, 3.63) is 17.8 Å². The van der Waals surface area contributed by atoms with Crippen LogP contribution in [0.25, 0.3) is 0 Å². The maximum Gasteiger partial charge on any atom is 0.181 e. The third-order valence-electron chi connectivity index (χ3n) is 4.28. The van der Waals surface area contributed by atoms with Crippen LogP contribution in [0.4, 0.5) is 0 Å². The predicted octanol–water partition coefficient (Wildman–Crippen LogP) is 4.25. The molecule has 3 heteroatoms. The summed E-state index contributed by atoms with van der Waals surface area (Å²) >= 11 is 0. The molecule has 0 aromatic carbocycles. The lowest BCUT2D eigenvalue weighted by Gasteiger charge is -2.37. The highest BCUT2D eigenvalue weighted by Crippen LogP contribution is 2.47. The molecule has 1 aliphatic carbocycles. The van der Waals surface area contributed by atoms with Crippen LogP contribution in [0, 0.1) is 5.41 Å². The van der Waals surface area contributed by atoms with Gasteiger partial charge in [-0.1, -0.05) is 26.7 Å². The second-order valence-corrected chi connectivity index (χ2v) is 7.55. The zero-order chi connectivity index (χ0) is 14.1. The molecule has 1 atom stereocenters. The van der Waals surface area contributed by atoms with Crippen molar-refractivity contribution in [3.8, 4) is 0 Å². The summed E-state index contributed by atoms with van der Waals surface area (Å²) in [6.45, 7) is 12.1. The van der Waals surface area contributed by atoms with E-state index in [9.17, 15) is 0 Å². The van der Waals surface area contributed by atoms with E-state index in [0.29, 0.717) is 11.3 Å².